The van der Waals surface area contributed by atoms with Crippen molar-refractivity contribution >= 4 is 11.8 Å². The molecule has 2 aromatic carbocycles. The molecule has 0 spiro atoms. The molecule has 1 fully saturated rings. The Morgan fingerprint density at radius 2 is 1.85 bits per heavy atom. The predicted octanol–water partition coefficient (Wildman–Crippen LogP) is 3.21. The summed E-state index contributed by atoms with van der Waals surface area (Å²) in [5.74, 6) is 0.348. The summed E-state index contributed by atoms with van der Waals surface area (Å²) in [6.45, 7) is 2.46. The van der Waals surface area contributed by atoms with Crippen molar-refractivity contribution < 1.29 is 9.59 Å². The first-order chi connectivity index (χ1) is 16.0. The molecule has 2 aliphatic heterocycles. The van der Waals surface area contributed by atoms with E-state index in [-0.39, 0.29) is 35.9 Å². The van der Waals surface area contributed by atoms with Crippen LogP contribution in [0.3, 0.4) is 0 Å². The van der Waals surface area contributed by atoms with Crippen molar-refractivity contribution in [1.82, 2.24) is 20.2 Å². The van der Waals surface area contributed by atoms with E-state index in [1.165, 1.54) is 0 Å². The maximum atomic E-state index is 13.2. The molecule has 0 bridgehead atoms. The van der Waals surface area contributed by atoms with Crippen LogP contribution in [0.5, 0.6) is 0 Å². The van der Waals surface area contributed by atoms with Crippen LogP contribution in [-0.2, 0) is 11.2 Å². The van der Waals surface area contributed by atoms with Crippen molar-refractivity contribution in [2.75, 3.05) is 6.54 Å². The van der Waals surface area contributed by atoms with E-state index in [9.17, 15) is 14.4 Å². The Morgan fingerprint density at radius 1 is 1.09 bits per heavy atom. The van der Waals surface area contributed by atoms with Gasteiger partial charge in [0.15, 0.2) is 0 Å². The van der Waals surface area contributed by atoms with E-state index < -0.39 is 0 Å². The molecule has 168 valence electrons. The fraction of sp³-hybridized carbons (Fsp3) is 0.308. The van der Waals surface area contributed by atoms with E-state index in [0.717, 1.165) is 24.0 Å². The van der Waals surface area contributed by atoms with Crippen LogP contribution in [0, 0.1) is 6.92 Å². The molecule has 1 saturated heterocycles. The lowest BCUT2D eigenvalue weighted by Gasteiger charge is -2.26. The number of aromatic nitrogens is 2. The van der Waals surface area contributed by atoms with Crippen LogP contribution >= 0.6 is 0 Å². The van der Waals surface area contributed by atoms with Crippen molar-refractivity contribution in [2.45, 2.75) is 44.7 Å². The van der Waals surface area contributed by atoms with E-state index in [4.69, 9.17) is 4.98 Å². The van der Waals surface area contributed by atoms with E-state index in [1.807, 2.05) is 55.5 Å². The molecule has 0 radical (unpaired) electrons. The smallest absolute Gasteiger partial charge is 0.254 e. The van der Waals surface area contributed by atoms with Crippen molar-refractivity contribution in [3.05, 3.63) is 98.7 Å². The molecule has 0 unspecified atom stereocenters. The fourth-order valence-electron chi connectivity index (χ4n) is 4.92. The Balaban J connectivity index is 1.35. The molecule has 3 heterocycles. The summed E-state index contributed by atoms with van der Waals surface area (Å²) in [6, 6.07) is 16.6. The monoisotopic (exact) mass is 442 g/mol. The highest BCUT2D eigenvalue weighted by atomic mass is 16.2. The first-order valence-electron chi connectivity index (χ1n) is 11.3. The minimum atomic E-state index is -0.329. The molecule has 0 aliphatic carbocycles. The van der Waals surface area contributed by atoms with Crippen LogP contribution in [0.4, 0.5) is 0 Å². The van der Waals surface area contributed by atoms with Crippen molar-refractivity contribution in [1.29, 1.82) is 0 Å². The molecular formula is C26H26N4O3. The highest BCUT2D eigenvalue weighted by Gasteiger charge is 2.36. The molecular weight excluding hydrogens is 416 g/mol. The van der Waals surface area contributed by atoms with Gasteiger partial charge in [0.25, 0.3) is 11.5 Å². The Morgan fingerprint density at radius 3 is 2.64 bits per heavy atom. The molecule has 7 heteroatoms. The second kappa shape index (κ2) is 8.65. The van der Waals surface area contributed by atoms with E-state index in [0.29, 0.717) is 35.6 Å². The Kier molecular flexibility index (Phi) is 5.54. The zero-order valence-electron chi connectivity index (χ0n) is 18.5. The third kappa shape index (κ3) is 4.06. The summed E-state index contributed by atoms with van der Waals surface area (Å²) >= 11 is 0. The van der Waals surface area contributed by atoms with Gasteiger partial charge in [-0.15, -0.1) is 0 Å². The number of amides is 2. The SMILES string of the molecule is Cc1nc([C@@H]2CCCN2C(=O)C[C@@H]2NC(=O)c3ccccc32)[nH]c(=O)c1Cc1ccccc1. The zero-order valence-corrected chi connectivity index (χ0v) is 18.5. The summed E-state index contributed by atoms with van der Waals surface area (Å²) in [6.07, 6.45) is 2.30. The first kappa shape index (κ1) is 21.1. The number of aromatic amines is 1. The average Bonchev–Trinajstić information content (AvgIpc) is 3.42. The second-order valence-corrected chi connectivity index (χ2v) is 8.74. The number of nitrogens with zero attached hydrogens (tertiary/aromatic N) is 2. The molecule has 2 aliphatic rings. The number of H-pyrrole nitrogens is 1. The molecule has 2 N–H and O–H groups in total. The number of likely N-dealkylation sites (tertiary alicyclic amines) is 1. The molecule has 3 aromatic rings. The average molecular weight is 443 g/mol. The van der Waals surface area contributed by atoms with Gasteiger partial charge in [0.1, 0.15) is 5.82 Å². The van der Waals surface area contributed by atoms with Gasteiger partial charge < -0.3 is 15.2 Å². The number of carbonyl (C=O) groups is 2. The Bertz CT molecular complexity index is 1270. The van der Waals surface area contributed by atoms with Gasteiger partial charge in [-0.05, 0) is 37.0 Å². The van der Waals surface area contributed by atoms with Gasteiger partial charge in [-0.25, -0.2) is 4.98 Å². The summed E-state index contributed by atoms with van der Waals surface area (Å²) in [7, 11) is 0. The Labute approximate surface area is 191 Å². The van der Waals surface area contributed by atoms with Crippen LogP contribution < -0.4 is 10.9 Å². The van der Waals surface area contributed by atoms with Crippen LogP contribution in [0.2, 0.25) is 0 Å². The zero-order chi connectivity index (χ0) is 22.9. The van der Waals surface area contributed by atoms with E-state index in [1.54, 1.807) is 11.0 Å². The second-order valence-electron chi connectivity index (χ2n) is 8.74. The predicted molar refractivity (Wildman–Crippen MR) is 124 cm³/mol. The molecule has 33 heavy (non-hydrogen) atoms. The standard InChI is InChI=1S/C26H26N4O3/c1-16-20(14-17-8-3-2-4-9-17)26(33)29-24(27-16)22-12-7-13-30(22)23(31)15-21-18-10-5-6-11-19(18)25(32)28-21/h2-6,8-11,21-22H,7,12-15H2,1H3,(H,28,32)(H,27,29,33)/t21-,22-/m0/s1. The van der Waals surface area contributed by atoms with Gasteiger partial charge in [0, 0.05) is 29.8 Å². The number of rotatable bonds is 5. The number of nitrogens with one attached hydrogen (secondary N) is 2. The number of carbonyl (C=O) groups excluding carboxylic acids is 2. The number of benzene rings is 2. The molecule has 1 aromatic heterocycles. The van der Waals surface area contributed by atoms with Gasteiger partial charge in [0.05, 0.1) is 18.5 Å². The number of aryl methyl sites for hydroxylation is 1. The van der Waals surface area contributed by atoms with Gasteiger partial charge in [-0.1, -0.05) is 48.5 Å². The lowest BCUT2D eigenvalue weighted by Crippen LogP contribution is -2.35. The molecule has 2 atom stereocenters. The van der Waals surface area contributed by atoms with Crippen LogP contribution in [0.15, 0.2) is 59.4 Å². The van der Waals surface area contributed by atoms with Gasteiger partial charge >= 0.3 is 0 Å². The maximum Gasteiger partial charge on any atom is 0.254 e. The van der Waals surface area contributed by atoms with Crippen molar-refractivity contribution in [3.8, 4) is 0 Å². The summed E-state index contributed by atoms with van der Waals surface area (Å²) < 4.78 is 0. The third-order valence-corrected chi connectivity index (χ3v) is 6.62. The molecule has 0 saturated carbocycles. The lowest BCUT2D eigenvalue weighted by molar-refractivity contribution is -0.132. The lowest BCUT2D eigenvalue weighted by atomic mass is 10.0. The van der Waals surface area contributed by atoms with Gasteiger partial charge in [-0.3, -0.25) is 14.4 Å². The topological polar surface area (TPSA) is 95.2 Å². The fourth-order valence-corrected chi connectivity index (χ4v) is 4.92. The summed E-state index contributed by atoms with van der Waals surface area (Å²) in [5.41, 5.74) is 3.72. The normalized spacial score (nSPS) is 19.4. The van der Waals surface area contributed by atoms with Crippen LogP contribution in [-0.4, -0.2) is 33.2 Å². The summed E-state index contributed by atoms with van der Waals surface area (Å²) in [5, 5.41) is 2.92. The largest absolute Gasteiger partial charge is 0.345 e. The molecule has 5 rings (SSSR count). The highest BCUT2D eigenvalue weighted by Crippen LogP contribution is 2.33. The van der Waals surface area contributed by atoms with Gasteiger partial charge in [0.2, 0.25) is 5.91 Å². The minimum absolute atomic E-state index is 0.0480. The highest BCUT2D eigenvalue weighted by molar-refractivity contribution is 5.99. The van der Waals surface area contributed by atoms with E-state index in [2.05, 4.69) is 10.3 Å². The Hall–Kier alpha value is -3.74. The number of hydrogen-bond acceptors (Lipinski definition) is 4. The number of hydrogen-bond donors (Lipinski definition) is 2. The summed E-state index contributed by atoms with van der Waals surface area (Å²) in [4.78, 5) is 47.8. The molecule has 7 nitrogen and oxygen atoms in total. The molecule has 2 amide bonds. The van der Waals surface area contributed by atoms with Crippen molar-refractivity contribution in [3.63, 3.8) is 0 Å². The van der Waals surface area contributed by atoms with Gasteiger partial charge in [-0.2, -0.15) is 0 Å². The third-order valence-electron chi connectivity index (χ3n) is 6.62. The first-order valence-corrected chi connectivity index (χ1v) is 11.3. The quantitative estimate of drug-likeness (QED) is 0.634. The van der Waals surface area contributed by atoms with Crippen molar-refractivity contribution in [2.24, 2.45) is 0 Å². The maximum absolute atomic E-state index is 13.2. The number of fused-ring (bicyclic) bond motifs is 1. The van der Waals surface area contributed by atoms with Crippen LogP contribution in [0.25, 0.3) is 0 Å². The minimum Gasteiger partial charge on any atom is -0.345 e. The van der Waals surface area contributed by atoms with Crippen LogP contribution in [0.1, 0.15) is 69.9 Å². The van der Waals surface area contributed by atoms with E-state index >= 15 is 0 Å².